The number of hydrogen-bond acceptors (Lipinski definition) is 5. The van der Waals surface area contributed by atoms with Crippen molar-refractivity contribution in [2.45, 2.75) is 19.3 Å². The first kappa shape index (κ1) is 22.2. The monoisotopic (exact) mass is 424 g/mol. The number of anilines is 1. The fourth-order valence-corrected chi connectivity index (χ4v) is 3.33. The van der Waals surface area contributed by atoms with E-state index in [2.05, 4.69) is 11.9 Å². The maximum Gasteiger partial charge on any atom is 0.262 e. The minimum absolute atomic E-state index is 0.0118. The summed E-state index contributed by atoms with van der Waals surface area (Å²) in [5, 5.41) is 2.77. The third-order valence-corrected chi connectivity index (χ3v) is 4.91. The molecule has 2 amide bonds. The first-order valence-corrected chi connectivity index (χ1v) is 10.3. The molecule has 164 valence electrons. The molecule has 0 bridgehead atoms. The van der Waals surface area contributed by atoms with Crippen molar-refractivity contribution >= 4 is 17.5 Å². The largest absolute Gasteiger partial charge is 0.493 e. The number of nitrogens with one attached hydrogen (secondary N) is 1. The fourth-order valence-electron chi connectivity index (χ4n) is 3.33. The topological polar surface area (TPSA) is 77.1 Å². The van der Waals surface area contributed by atoms with E-state index in [1.165, 1.54) is 0 Å². The molecule has 0 atom stereocenters. The van der Waals surface area contributed by atoms with Crippen LogP contribution in [0, 0.1) is 0 Å². The van der Waals surface area contributed by atoms with Crippen LogP contribution in [0.15, 0.2) is 55.1 Å². The third-order valence-electron chi connectivity index (χ3n) is 4.91. The van der Waals surface area contributed by atoms with Crippen LogP contribution < -0.4 is 19.5 Å². The minimum atomic E-state index is -0.317. The summed E-state index contributed by atoms with van der Waals surface area (Å²) >= 11 is 0. The Morgan fingerprint density at radius 3 is 2.61 bits per heavy atom. The molecule has 0 radical (unpaired) electrons. The molecule has 0 unspecified atom stereocenters. The molecule has 0 aliphatic carbocycles. The van der Waals surface area contributed by atoms with Crippen molar-refractivity contribution in [1.82, 2.24) is 4.90 Å². The molecule has 1 aliphatic heterocycles. The van der Waals surface area contributed by atoms with Crippen LogP contribution in [0.1, 0.15) is 18.4 Å². The second-order valence-corrected chi connectivity index (χ2v) is 7.22. The Kier molecular flexibility index (Phi) is 7.92. The minimum Gasteiger partial charge on any atom is -0.493 e. The van der Waals surface area contributed by atoms with Crippen molar-refractivity contribution in [3.8, 4) is 17.2 Å². The predicted octanol–water partition coefficient (Wildman–Crippen LogP) is 3.44. The number of rotatable bonds is 10. The van der Waals surface area contributed by atoms with Gasteiger partial charge in [-0.25, -0.2) is 0 Å². The summed E-state index contributed by atoms with van der Waals surface area (Å²) in [4.78, 5) is 26.2. The van der Waals surface area contributed by atoms with Gasteiger partial charge < -0.3 is 24.4 Å². The van der Waals surface area contributed by atoms with Gasteiger partial charge in [-0.3, -0.25) is 9.59 Å². The molecular weight excluding hydrogens is 396 g/mol. The van der Waals surface area contributed by atoms with E-state index in [0.717, 1.165) is 37.9 Å². The molecule has 1 fully saturated rings. The zero-order chi connectivity index (χ0) is 22.1. The standard InChI is InChI=1S/C24H28N2O5/c1-3-7-18-10-11-21(22(14-18)29-2)31-16-23(27)25-19-8-6-9-20(15-19)30-17-24(28)26-12-4-5-13-26/h3,6,8-11,14-15H,1,4-5,7,12-13,16-17H2,2H3,(H,25,27). The van der Waals surface area contributed by atoms with Crippen LogP contribution in [-0.4, -0.2) is 50.1 Å². The van der Waals surface area contributed by atoms with Crippen molar-refractivity contribution in [1.29, 1.82) is 0 Å². The average molecular weight is 424 g/mol. The number of ether oxygens (including phenoxy) is 3. The summed E-state index contributed by atoms with van der Waals surface area (Å²) in [6.07, 6.45) is 4.61. The van der Waals surface area contributed by atoms with Crippen LogP contribution >= 0.6 is 0 Å². The molecule has 1 heterocycles. The number of carbonyl (C=O) groups excluding carboxylic acids is 2. The Hall–Kier alpha value is -3.48. The summed E-state index contributed by atoms with van der Waals surface area (Å²) in [5.41, 5.74) is 1.61. The van der Waals surface area contributed by atoms with Gasteiger partial charge in [0.1, 0.15) is 5.75 Å². The molecule has 7 nitrogen and oxygen atoms in total. The van der Waals surface area contributed by atoms with Gasteiger partial charge in [-0.2, -0.15) is 0 Å². The Morgan fingerprint density at radius 1 is 1.06 bits per heavy atom. The quantitative estimate of drug-likeness (QED) is 0.591. The molecule has 3 rings (SSSR count). The van der Waals surface area contributed by atoms with Crippen molar-refractivity contribution in [2.75, 3.05) is 38.7 Å². The lowest BCUT2D eigenvalue weighted by Crippen LogP contribution is -2.32. The highest BCUT2D eigenvalue weighted by molar-refractivity contribution is 5.92. The normalized spacial score (nSPS) is 12.9. The van der Waals surface area contributed by atoms with Gasteiger partial charge in [-0.05, 0) is 49.1 Å². The SMILES string of the molecule is C=CCc1ccc(OCC(=O)Nc2cccc(OCC(=O)N3CCCC3)c2)c(OC)c1. The molecule has 0 saturated carbocycles. The molecule has 0 spiro atoms. The molecule has 0 aromatic heterocycles. The summed E-state index contributed by atoms with van der Waals surface area (Å²) in [6.45, 7) is 5.13. The number of methoxy groups -OCH3 is 1. The van der Waals surface area contributed by atoms with Crippen LogP contribution in [0.3, 0.4) is 0 Å². The van der Waals surface area contributed by atoms with E-state index >= 15 is 0 Å². The van der Waals surface area contributed by atoms with Gasteiger partial charge in [0.2, 0.25) is 0 Å². The number of nitrogens with zero attached hydrogens (tertiary/aromatic N) is 1. The Morgan fingerprint density at radius 2 is 1.87 bits per heavy atom. The number of benzene rings is 2. The number of carbonyl (C=O) groups is 2. The Balaban J connectivity index is 1.50. The average Bonchev–Trinajstić information content (AvgIpc) is 3.32. The lowest BCUT2D eigenvalue weighted by molar-refractivity contribution is -0.132. The van der Waals surface area contributed by atoms with Crippen LogP contribution in [-0.2, 0) is 16.0 Å². The van der Waals surface area contributed by atoms with Crippen LogP contribution in [0.5, 0.6) is 17.2 Å². The summed E-state index contributed by atoms with van der Waals surface area (Å²) < 4.78 is 16.6. The summed E-state index contributed by atoms with van der Waals surface area (Å²) in [7, 11) is 1.56. The smallest absolute Gasteiger partial charge is 0.262 e. The van der Waals surface area contributed by atoms with Gasteiger partial charge in [-0.1, -0.05) is 18.2 Å². The number of likely N-dealkylation sites (tertiary alicyclic amines) is 1. The first-order valence-electron chi connectivity index (χ1n) is 10.3. The highest BCUT2D eigenvalue weighted by Gasteiger charge is 2.18. The van der Waals surface area contributed by atoms with Crippen LogP contribution in [0.25, 0.3) is 0 Å². The zero-order valence-corrected chi connectivity index (χ0v) is 17.8. The van der Waals surface area contributed by atoms with Gasteiger partial charge >= 0.3 is 0 Å². The molecule has 1 saturated heterocycles. The van der Waals surface area contributed by atoms with Crippen LogP contribution in [0.2, 0.25) is 0 Å². The van der Waals surface area contributed by atoms with Crippen molar-refractivity contribution in [3.63, 3.8) is 0 Å². The second kappa shape index (κ2) is 11.1. The number of hydrogen-bond donors (Lipinski definition) is 1. The molecule has 7 heteroatoms. The van der Waals surface area contributed by atoms with Crippen molar-refractivity contribution < 1.29 is 23.8 Å². The lowest BCUT2D eigenvalue weighted by Gasteiger charge is -2.16. The number of allylic oxidation sites excluding steroid dienone is 1. The predicted molar refractivity (Wildman–Crippen MR) is 119 cm³/mol. The van der Waals surface area contributed by atoms with Crippen molar-refractivity contribution in [3.05, 3.63) is 60.7 Å². The highest BCUT2D eigenvalue weighted by Crippen LogP contribution is 2.28. The van der Waals surface area contributed by atoms with Gasteiger partial charge in [0.15, 0.2) is 24.7 Å². The zero-order valence-electron chi connectivity index (χ0n) is 17.8. The molecule has 2 aromatic carbocycles. The van der Waals surface area contributed by atoms with E-state index in [1.807, 2.05) is 18.2 Å². The maximum atomic E-state index is 12.3. The van der Waals surface area contributed by atoms with E-state index in [0.29, 0.717) is 22.9 Å². The van der Waals surface area contributed by atoms with Gasteiger partial charge in [0.25, 0.3) is 11.8 Å². The molecule has 31 heavy (non-hydrogen) atoms. The van der Waals surface area contributed by atoms with Gasteiger partial charge in [-0.15, -0.1) is 6.58 Å². The van der Waals surface area contributed by atoms with E-state index in [-0.39, 0.29) is 25.0 Å². The summed E-state index contributed by atoms with van der Waals surface area (Å²) in [6, 6.07) is 12.5. The fraction of sp³-hybridized carbons (Fsp3) is 0.333. The summed E-state index contributed by atoms with van der Waals surface area (Å²) in [5.74, 6) is 1.23. The van der Waals surface area contributed by atoms with E-state index < -0.39 is 0 Å². The Labute approximate surface area is 182 Å². The second-order valence-electron chi connectivity index (χ2n) is 7.22. The van der Waals surface area contributed by atoms with Crippen molar-refractivity contribution in [2.24, 2.45) is 0 Å². The highest BCUT2D eigenvalue weighted by atomic mass is 16.5. The molecule has 1 aliphatic rings. The van der Waals surface area contributed by atoms with E-state index in [1.54, 1.807) is 42.3 Å². The van der Waals surface area contributed by atoms with E-state index in [4.69, 9.17) is 14.2 Å². The number of amides is 2. The third kappa shape index (κ3) is 6.50. The maximum absolute atomic E-state index is 12.3. The molecule has 2 aromatic rings. The van der Waals surface area contributed by atoms with Gasteiger partial charge in [0, 0.05) is 24.8 Å². The first-order chi connectivity index (χ1) is 15.1. The Bertz CT molecular complexity index is 922. The molecule has 1 N–H and O–H groups in total. The molecular formula is C24H28N2O5. The van der Waals surface area contributed by atoms with E-state index in [9.17, 15) is 9.59 Å². The van der Waals surface area contributed by atoms with Crippen LogP contribution in [0.4, 0.5) is 5.69 Å². The lowest BCUT2D eigenvalue weighted by atomic mass is 10.1. The van der Waals surface area contributed by atoms with Gasteiger partial charge in [0.05, 0.1) is 7.11 Å².